The van der Waals surface area contributed by atoms with Gasteiger partial charge in [-0.1, -0.05) is 12.1 Å². The van der Waals surface area contributed by atoms with Crippen LogP contribution >= 0.6 is 11.3 Å². The Morgan fingerprint density at radius 2 is 2.11 bits per heavy atom. The number of carbonyl (C=O) groups is 1. The molecule has 0 aliphatic carbocycles. The van der Waals surface area contributed by atoms with Crippen molar-refractivity contribution in [3.63, 3.8) is 0 Å². The van der Waals surface area contributed by atoms with Gasteiger partial charge in [0.15, 0.2) is 5.65 Å². The van der Waals surface area contributed by atoms with Crippen molar-refractivity contribution in [3.8, 4) is 10.6 Å². The number of fused-ring (bicyclic) bond motifs is 1. The fourth-order valence-corrected chi connectivity index (χ4v) is 3.66. The van der Waals surface area contributed by atoms with Gasteiger partial charge in [-0.15, -0.1) is 11.3 Å². The molecule has 0 aliphatic heterocycles. The topological polar surface area (TPSA) is 76.4 Å². The maximum atomic E-state index is 12.8. The minimum Gasteiger partial charge on any atom is -0.348 e. The van der Waals surface area contributed by atoms with Gasteiger partial charge in [-0.05, 0) is 42.1 Å². The molecule has 0 saturated carbocycles. The lowest BCUT2D eigenvalue weighted by molar-refractivity contribution is 0.0952. The molecule has 0 bridgehead atoms. The third-order valence-corrected chi connectivity index (χ3v) is 5.03. The number of hydrogen-bond acceptors (Lipinski definition) is 5. The summed E-state index contributed by atoms with van der Waals surface area (Å²) in [7, 11) is 0. The molecule has 4 aromatic heterocycles. The van der Waals surface area contributed by atoms with E-state index in [1.807, 2.05) is 29.6 Å². The quantitative estimate of drug-likeness (QED) is 0.594. The highest BCUT2D eigenvalue weighted by molar-refractivity contribution is 7.13. The highest BCUT2D eigenvalue weighted by Gasteiger charge is 2.14. The summed E-state index contributed by atoms with van der Waals surface area (Å²) in [6.07, 6.45) is 3.35. The Morgan fingerprint density at radius 1 is 1.22 bits per heavy atom. The minimum absolute atomic E-state index is 0.209. The number of rotatable bonds is 4. The van der Waals surface area contributed by atoms with E-state index in [9.17, 15) is 9.59 Å². The van der Waals surface area contributed by atoms with E-state index in [2.05, 4.69) is 15.3 Å². The van der Waals surface area contributed by atoms with E-state index >= 15 is 0 Å². The molecule has 4 heterocycles. The maximum Gasteiger partial charge on any atom is 0.258 e. The van der Waals surface area contributed by atoms with E-state index < -0.39 is 0 Å². The van der Waals surface area contributed by atoms with Crippen LogP contribution in [0.4, 0.5) is 0 Å². The lowest BCUT2D eigenvalue weighted by atomic mass is 10.1. The molecule has 0 atom stereocenters. The van der Waals surface area contributed by atoms with Crippen molar-refractivity contribution in [2.75, 3.05) is 0 Å². The fourth-order valence-electron chi connectivity index (χ4n) is 2.90. The third-order valence-electron chi connectivity index (χ3n) is 4.15. The van der Waals surface area contributed by atoms with Crippen molar-refractivity contribution in [1.82, 2.24) is 19.7 Å². The second-order valence-corrected chi connectivity index (χ2v) is 6.97. The second kappa shape index (κ2) is 7.13. The van der Waals surface area contributed by atoms with Crippen LogP contribution in [-0.2, 0) is 6.54 Å². The molecule has 134 valence electrons. The SMILES string of the molecule is Cc1cc(=O)n2cccc(C(=O)NCc3cccnc3-c3cccs3)c2n1. The van der Waals surface area contributed by atoms with Gasteiger partial charge in [0.05, 0.1) is 16.1 Å². The molecule has 7 heteroatoms. The molecule has 6 nitrogen and oxygen atoms in total. The van der Waals surface area contributed by atoms with Gasteiger partial charge < -0.3 is 5.32 Å². The first-order valence-corrected chi connectivity index (χ1v) is 9.26. The normalized spacial score (nSPS) is 10.9. The summed E-state index contributed by atoms with van der Waals surface area (Å²) in [5.41, 5.74) is 2.86. The first kappa shape index (κ1) is 17.1. The smallest absolute Gasteiger partial charge is 0.258 e. The number of pyridine rings is 2. The largest absolute Gasteiger partial charge is 0.348 e. The number of aryl methyl sites for hydroxylation is 1. The van der Waals surface area contributed by atoms with Gasteiger partial charge in [-0.2, -0.15) is 0 Å². The summed E-state index contributed by atoms with van der Waals surface area (Å²) >= 11 is 1.60. The van der Waals surface area contributed by atoms with Crippen molar-refractivity contribution in [2.45, 2.75) is 13.5 Å². The van der Waals surface area contributed by atoms with E-state index in [0.29, 0.717) is 23.4 Å². The summed E-state index contributed by atoms with van der Waals surface area (Å²) < 4.78 is 1.38. The van der Waals surface area contributed by atoms with Gasteiger partial charge in [0.1, 0.15) is 0 Å². The van der Waals surface area contributed by atoms with Crippen LogP contribution in [0.2, 0.25) is 0 Å². The number of carbonyl (C=O) groups excluding carboxylic acids is 1. The van der Waals surface area contributed by atoms with Crippen molar-refractivity contribution in [1.29, 1.82) is 0 Å². The van der Waals surface area contributed by atoms with E-state index in [4.69, 9.17) is 0 Å². The molecule has 0 radical (unpaired) electrons. The molecule has 1 N–H and O–H groups in total. The molecule has 0 saturated heterocycles. The van der Waals surface area contributed by atoms with Crippen molar-refractivity contribution >= 4 is 22.9 Å². The molecule has 0 unspecified atom stereocenters. The van der Waals surface area contributed by atoms with Crippen molar-refractivity contribution in [2.24, 2.45) is 0 Å². The third kappa shape index (κ3) is 3.37. The van der Waals surface area contributed by atoms with Crippen LogP contribution in [0, 0.1) is 6.92 Å². The molecular formula is C20H16N4O2S. The van der Waals surface area contributed by atoms with Crippen LogP contribution in [0.25, 0.3) is 16.2 Å². The average Bonchev–Trinajstić information content (AvgIpc) is 3.20. The number of thiophene rings is 1. The zero-order chi connectivity index (χ0) is 18.8. The Balaban J connectivity index is 1.64. The maximum absolute atomic E-state index is 12.8. The molecule has 0 aromatic carbocycles. The molecule has 1 amide bonds. The van der Waals surface area contributed by atoms with Gasteiger partial charge in [0.2, 0.25) is 0 Å². The predicted molar refractivity (Wildman–Crippen MR) is 105 cm³/mol. The molecule has 27 heavy (non-hydrogen) atoms. The van der Waals surface area contributed by atoms with Crippen LogP contribution in [0.5, 0.6) is 0 Å². The predicted octanol–water partition coefficient (Wildman–Crippen LogP) is 3.06. The Kier molecular flexibility index (Phi) is 4.52. The van der Waals surface area contributed by atoms with Crippen molar-refractivity contribution in [3.05, 3.63) is 87.4 Å². The summed E-state index contributed by atoms with van der Waals surface area (Å²) in [5.74, 6) is -0.286. The fraction of sp³-hybridized carbons (Fsp3) is 0.100. The minimum atomic E-state index is -0.286. The lowest BCUT2D eigenvalue weighted by Crippen LogP contribution is -2.25. The van der Waals surface area contributed by atoms with Crippen LogP contribution < -0.4 is 10.9 Å². The average molecular weight is 376 g/mol. The zero-order valence-electron chi connectivity index (χ0n) is 14.5. The van der Waals surface area contributed by atoms with Gasteiger partial charge in [0, 0.05) is 30.7 Å². The first-order valence-electron chi connectivity index (χ1n) is 8.38. The standard InChI is InChI=1S/C20H16N4O2S/c1-13-11-17(25)24-9-3-6-15(19(24)23-13)20(26)22-12-14-5-2-8-21-18(14)16-7-4-10-27-16/h2-11H,12H2,1H3,(H,22,26). The highest BCUT2D eigenvalue weighted by Crippen LogP contribution is 2.25. The summed E-state index contributed by atoms with van der Waals surface area (Å²) in [5, 5.41) is 4.91. The molecular weight excluding hydrogens is 360 g/mol. The summed E-state index contributed by atoms with van der Waals surface area (Å²) in [6, 6.07) is 12.5. The monoisotopic (exact) mass is 376 g/mol. The molecule has 4 rings (SSSR count). The Hall–Kier alpha value is -3.32. The van der Waals surface area contributed by atoms with Gasteiger partial charge in [-0.25, -0.2) is 4.98 Å². The second-order valence-electron chi connectivity index (χ2n) is 6.02. The Labute approximate surface area is 159 Å². The zero-order valence-corrected chi connectivity index (χ0v) is 15.4. The van der Waals surface area contributed by atoms with Crippen LogP contribution in [0.1, 0.15) is 21.6 Å². The number of amides is 1. The summed E-state index contributed by atoms with van der Waals surface area (Å²) in [6.45, 7) is 2.07. The Bertz CT molecular complexity index is 1180. The van der Waals surface area contributed by atoms with Crippen LogP contribution in [-0.4, -0.2) is 20.3 Å². The number of nitrogens with zero attached hydrogens (tertiary/aromatic N) is 3. The lowest BCUT2D eigenvalue weighted by Gasteiger charge is -2.10. The van der Waals surface area contributed by atoms with E-state index in [0.717, 1.165) is 16.1 Å². The van der Waals surface area contributed by atoms with E-state index in [-0.39, 0.29) is 11.5 Å². The van der Waals surface area contributed by atoms with Gasteiger partial charge in [0.25, 0.3) is 11.5 Å². The highest BCUT2D eigenvalue weighted by atomic mass is 32.1. The van der Waals surface area contributed by atoms with Crippen molar-refractivity contribution < 1.29 is 4.79 Å². The van der Waals surface area contributed by atoms with Crippen LogP contribution in [0.15, 0.2) is 65.0 Å². The van der Waals surface area contributed by atoms with E-state index in [1.165, 1.54) is 10.5 Å². The summed E-state index contributed by atoms with van der Waals surface area (Å²) in [4.78, 5) is 34.7. The van der Waals surface area contributed by atoms with Crippen LogP contribution in [0.3, 0.4) is 0 Å². The first-order chi connectivity index (χ1) is 13.1. The number of nitrogens with one attached hydrogen (secondary N) is 1. The molecule has 0 spiro atoms. The number of hydrogen-bond donors (Lipinski definition) is 1. The molecule has 0 aliphatic rings. The Morgan fingerprint density at radius 3 is 2.93 bits per heavy atom. The van der Waals surface area contributed by atoms with E-state index in [1.54, 1.807) is 42.8 Å². The van der Waals surface area contributed by atoms with Gasteiger partial charge in [-0.3, -0.25) is 19.0 Å². The van der Waals surface area contributed by atoms with Gasteiger partial charge >= 0.3 is 0 Å². The molecule has 4 aromatic rings. The number of aromatic nitrogens is 3. The molecule has 0 fully saturated rings.